The molecule has 210 valence electrons. The first-order valence-corrected chi connectivity index (χ1v) is 15.0. The van der Waals surface area contributed by atoms with Gasteiger partial charge >= 0.3 is 0 Å². The third-order valence-electron chi connectivity index (χ3n) is 6.76. The maximum atomic E-state index is 13.6. The molecule has 1 amide bonds. The molecule has 0 spiro atoms. The molecule has 1 aliphatic carbocycles. The second kappa shape index (κ2) is 9.60. The van der Waals surface area contributed by atoms with Crippen molar-refractivity contribution in [1.29, 1.82) is 0 Å². The van der Waals surface area contributed by atoms with Crippen LogP contribution in [0.5, 0.6) is 0 Å². The highest BCUT2D eigenvalue weighted by atomic mass is 32.2. The van der Waals surface area contributed by atoms with Gasteiger partial charge in [0.2, 0.25) is 10.0 Å². The molecule has 4 aromatic rings. The van der Waals surface area contributed by atoms with Crippen LogP contribution in [0.4, 0.5) is 5.69 Å². The number of ketones is 1. The van der Waals surface area contributed by atoms with Crippen LogP contribution >= 0.6 is 0 Å². The first kappa shape index (κ1) is 28.1. The van der Waals surface area contributed by atoms with E-state index in [2.05, 4.69) is 26.9 Å². The van der Waals surface area contributed by atoms with Gasteiger partial charge in [-0.25, -0.2) is 13.4 Å². The van der Waals surface area contributed by atoms with Gasteiger partial charge in [-0.05, 0) is 102 Å². The van der Waals surface area contributed by atoms with Gasteiger partial charge in [-0.2, -0.15) is 0 Å². The minimum atomic E-state index is -3.48. The van der Waals surface area contributed by atoms with Crippen LogP contribution < -0.4 is 10.0 Å². The number of nitrogens with one attached hydrogen (secondary N) is 2. The number of hydrogen-bond donors (Lipinski definition) is 2. The zero-order chi connectivity index (χ0) is 29.9. The van der Waals surface area contributed by atoms with Crippen molar-refractivity contribution in [2.45, 2.75) is 52.5 Å². The Morgan fingerprint density at radius 3 is 2.44 bits per heavy atom. The summed E-state index contributed by atoms with van der Waals surface area (Å²) in [7, 11) is -3.48. The second-order valence-electron chi connectivity index (χ2n) is 11.9. The summed E-state index contributed by atoms with van der Waals surface area (Å²) in [5, 5.41) is 3.63. The Kier molecular flexibility index (Phi) is 6.58. The summed E-state index contributed by atoms with van der Waals surface area (Å²) in [6.45, 7) is 11.5. The predicted octanol–water partition coefficient (Wildman–Crippen LogP) is 5.31. The number of aromatic nitrogens is 1. The lowest BCUT2D eigenvalue weighted by Crippen LogP contribution is -2.40. The lowest BCUT2D eigenvalue weighted by atomic mass is 9.71. The summed E-state index contributed by atoms with van der Waals surface area (Å²) in [5.74, 6) is 6.29. The Hall–Kier alpha value is -4.42. The molecule has 2 aromatic carbocycles. The Bertz CT molecular complexity index is 1930. The molecule has 2 N–H and O–H groups in total. The molecule has 0 bridgehead atoms. The van der Waals surface area contributed by atoms with E-state index in [0.717, 1.165) is 6.26 Å². The lowest BCUT2D eigenvalue weighted by molar-refractivity contribution is 0.0918. The van der Waals surface area contributed by atoms with E-state index >= 15 is 0 Å². The number of carbonyl (C=O) groups excluding carboxylic acids is 2. The van der Waals surface area contributed by atoms with Crippen LogP contribution in [0.3, 0.4) is 0 Å². The number of furan rings is 1. The fourth-order valence-corrected chi connectivity index (χ4v) is 5.60. The number of benzene rings is 2. The average Bonchev–Trinajstić information content (AvgIpc) is 3.24. The number of nitrogens with zero attached hydrogens (tertiary/aromatic N) is 1. The van der Waals surface area contributed by atoms with E-state index in [1.165, 1.54) is 0 Å². The van der Waals surface area contributed by atoms with Crippen molar-refractivity contribution in [3.8, 4) is 11.8 Å². The van der Waals surface area contributed by atoms with Crippen molar-refractivity contribution in [2.75, 3.05) is 11.0 Å². The fourth-order valence-electron chi connectivity index (χ4n) is 5.05. The molecule has 2 aromatic heterocycles. The summed E-state index contributed by atoms with van der Waals surface area (Å²) in [5.41, 5.74) is 3.81. The van der Waals surface area contributed by atoms with E-state index in [1.807, 2.05) is 53.7 Å². The summed E-state index contributed by atoms with van der Waals surface area (Å²) in [4.78, 5) is 30.7. The second-order valence-corrected chi connectivity index (χ2v) is 13.7. The summed E-state index contributed by atoms with van der Waals surface area (Å²) >= 11 is 0. The normalized spacial score (nSPS) is 14.1. The predicted molar refractivity (Wildman–Crippen MR) is 159 cm³/mol. The van der Waals surface area contributed by atoms with Gasteiger partial charge < -0.3 is 9.73 Å². The molecule has 0 saturated heterocycles. The highest BCUT2D eigenvalue weighted by Crippen LogP contribution is 2.46. The monoisotopic (exact) mass is 569 g/mol. The Labute approximate surface area is 239 Å². The minimum absolute atomic E-state index is 0.178. The number of hydrogen-bond acceptors (Lipinski definition) is 6. The molecule has 0 saturated carbocycles. The third kappa shape index (κ3) is 5.61. The van der Waals surface area contributed by atoms with E-state index in [-0.39, 0.29) is 17.2 Å². The van der Waals surface area contributed by atoms with E-state index in [4.69, 9.17) is 4.42 Å². The molecular formula is C32H31N3O5S. The Balaban J connectivity index is 1.51. The van der Waals surface area contributed by atoms with Crippen LogP contribution in [0.15, 0.2) is 52.9 Å². The third-order valence-corrected chi connectivity index (χ3v) is 7.37. The quantitative estimate of drug-likeness (QED) is 0.323. The van der Waals surface area contributed by atoms with Crippen LogP contribution in [0, 0.1) is 18.8 Å². The number of rotatable bonds is 3. The molecule has 2 heterocycles. The van der Waals surface area contributed by atoms with Crippen molar-refractivity contribution in [3.63, 3.8) is 0 Å². The Morgan fingerprint density at radius 2 is 1.76 bits per heavy atom. The summed E-state index contributed by atoms with van der Waals surface area (Å²) in [6, 6.07) is 13.8. The molecule has 8 nitrogen and oxygen atoms in total. The molecule has 41 heavy (non-hydrogen) atoms. The van der Waals surface area contributed by atoms with Crippen molar-refractivity contribution in [1.82, 2.24) is 10.3 Å². The van der Waals surface area contributed by atoms with Gasteiger partial charge in [-0.15, -0.1) is 0 Å². The summed E-state index contributed by atoms with van der Waals surface area (Å²) < 4.78 is 32.3. The zero-order valence-electron chi connectivity index (χ0n) is 24.0. The molecule has 0 aliphatic heterocycles. The SMILES string of the molecule is Cc1cc(C(=O)NC(C)(C)C)cc(C#Cc2ccc3c4c(oc3c2)C(C)(C)c2cc(NS(C)(=O)=O)ccc2C4=O)n1. The van der Waals surface area contributed by atoms with Gasteiger partial charge in [0.15, 0.2) is 5.78 Å². The van der Waals surface area contributed by atoms with Crippen LogP contribution in [-0.4, -0.2) is 36.9 Å². The van der Waals surface area contributed by atoms with E-state index in [9.17, 15) is 18.0 Å². The van der Waals surface area contributed by atoms with Gasteiger partial charge in [-0.1, -0.05) is 5.92 Å². The zero-order valence-corrected chi connectivity index (χ0v) is 24.8. The van der Waals surface area contributed by atoms with Crippen molar-refractivity contribution >= 4 is 38.4 Å². The minimum Gasteiger partial charge on any atom is -0.459 e. The molecule has 9 heteroatoms. The number of aryl methyl sites for hydroxylation is 1. The molecule has 0 atom stereocenters. The van der Waals surface area contributed by atoms with Gasteiger partial charge in [-0.3, -0.25) is 14.3 Å². The largest absolute Gasteiger partial charge is 0.459 e. The number of sulfonamides is 1. The van der Waals surface area contributed by atoms with Crippen LogP contribution in [0.25, 0.3) is 11.0 Å². The molecular weight excluding hydrogens is 538 g/mol. The van der Waals surface area contributed by atoms with Crippen LogP contribution in [0.2, 0.25) is 0 Å². The van der Waals surface area contributed by atoms with E-state index < -0.39 is 15.4 Å². The molecule has 5 rings (SSSR count). The summed E-state index contributed by atoms with van der Waals surface area (Å²) in [6.07, 6.45) is 1.08. The van der Waals surface area contributed by atoms with Gasteiger partial charge in [0, 0.05) is 44.4 Å². The Morgan fingerprint density at radius 1 is 1.02 bits per heavy atom. The van der Waals surface area contributed by atoms with Crippen LogP contribution in [-0.2, 0) is 15.4 Å². The van der Waals surface area contributed by atoms with Gasteiger partial charge in [0.05, 0.1) is 11.8 Å². The molecule has 1 aliphatic rings. The van der Waals surface area contributed by atoms with Crippen molar-refractivity contribution in [3.05, 3.63) is 93.5 Å². The molecule has 0 radical (unpaired) electrons. The highest BCUT2D eigenvalue weighted by molar-refractivity contribution is 7.92. The van der Waals surface area contributed by atoms with Crippen molar-refractivity contribution < 1.29 is 22.4 Å². The maximum absolute atomic E-state index is 13.6. The van der Waals surface area contributed by atoms with Gasteiger partial charge in [0.25, 0.3) is 5.91 Å². The average molecular weight is 570 g/mol. The smallest absolute Gasteiger partial charge is 0.251 e. The van der Waals surface area contributed by atoms with E-state index in [0.29, 0.717) is 61.6 Å². The number of fused-ring (bicyclic) bond motifs is 4. The number of pyridine rings is 1. The number of carbonyl (C=O) groups is 2. The maximum Gasteiger partial charge on any atom is 0.251 e. The topological polar surface area (TPSA) is 118 Å². The molecule has 0 fully saturated rings. The fraction of sp³-hybridized carbons (Fsp3) is 0.281. The first-order valence-electron chi connectivity index (χ1n) is 13.1. The van der Waals surface area contributed by atoms with Crippen molar-refractivity contribution in [2.24, 2.45) is 0 Å². The lowest BCUT2D eigenvalue weighted by Gasteiger charge is -2.31. The number of amides is 1. The highest BCUT2D eigenvalue weighted by Gasteiger charge is 2.41. The number of anilines is 1. The first-order chi connectivity index (χ1) is 19.0. The standard InChI is InChI=1S/C32H31N3O5S/c1-18-14-20(30(37)34-31(2,3)4)16-21(33-18)10-8-19-9-12-24-26(15-19)40-29-27(24)28(36)23-13-11-22(35-41(7,38)39)17-25(23)32(29,5)6/h9,11-17,35H,1-7H3,(H,34,37). The van der Waals surface area contributed by atoms with Gasteiger partial charge in [0.1, 0.15) is 17.0 Å². The van der Waals surface area contributed by atoms with Crippen LogP contribution in [0.1, 0.15) is 89.2 Å². The molecule has 0 unspecified atom stereocenters. The van der Waals surface area contributed by atoms with E-state index in [1.54, 1.807) is 36.4 Å².